The summed E-state index contributed by atoms with van der Waals surface area (Å²) >= 11 is 0. The zero-order valence-electron chi connectivity index (χ0n) is 4.61. The smallest absolute Gasteiger partial charge is 0.164 e. The van der Waals surface area contributed by atoms with Crippen LogP contribution in [0.15, 0.2) is 17.5 Å². The molecule has 0 unspecified atom stereocenters. The zero-order chi connectivity index (χ0) is 5.82. The molecule has 4 heteroatoms. The van der Waals surface area contributed by atoms with E-state index in [4.69, 9.17) is 0 Å². The van der Waals surface area contributed by atoms with Gasteiger partial charge in [-0.25, -0.2) is 0 Å². The van der Waals surface area contributed by atoms with E-state index in [1.807, 2.05) is 0 Å². The Hall–Kier alpha value is -0.830. The van der Waals surface area contributed by atoms with E-state index in [0.29, 0.717) is 6.42 Å². The van der Waals surface area contributed by atoms with Gasteiger partial charge >= 0.3 is 0 Å². The second kappa shape index (κ2) is 4.09. The Morgan fingerprint density at radius 3 is 3.22 bits per heavy atom. The molecule has 0 spiro atoms. The van der Waals surface area contributed by atoms with Gasteiger partial charge in [-0.15, -0.1) is 12.4 Å². The molecule has 0 aromatic heterocycles. The maximum absolute atomic E-state index is 10.4. The van der Waals surface area contributed by atoms with Gasteiger partial charge in [-0.1, -0.05) is 5.16 Å². The van der Waals surface area contributed by atoms with Crippen LogP contribution in [0, 0.1) is 0 Å². The van der Waals surface area contributed by atoms with E-state index in [2.05, 4.69) is 9.99 Å². The first-order chi connectivity index (χ1) is 3.89. The number of hydrogen-bond donors (Lipinski definition) is 0. The fraction of sp³-hybridized carbons (Fsp3) is 0.200. The third-order valence-electron chi connectivity index (χ3n) is 0.743. The van der Waals surface area contributed by atoms with Crippen molar-refractivity contribution in [1.29, 1.82) is 0 Å². The van der Waals surface area contributed by atoms with Crippen molar-refractivity contribution in [3.8, 4) is 0 Å². The number of carbonyl (C=O) groups excluding carboxylic acids is 1. The summed E-state index contributed by atoms with van der Waals surface area (Å²) in [6.07, 6.45) is 4.40. The van der Waals surface area contributed by atoms with Gasteiger partial charge in [0.15, 0.2) is 5.78 Å². The first-order valence-corrected chi connectivity index (χ1v) is 2.26. The molecule has 1 rings (SSSR count). The highest BCUT2D eigenvalue weighted by molar-refractivity contribution is 5.98. The van der Waals surface area contributed by atoms with Crippen LogP contribution in [-0.2, 0) is 9.63 Å². The molecule has 0 aromatic rings. The molecule has 0 N–H and O–H groups in total. The van der Waals surface area contributed by atoms with Gasteiger partial charge in [-0.3, -0.25) is 4.79 Å². The van der Waals surface area contributed by atoms with Gasteiger partial charge in [0, 0.05) is 12.5 Å². The first kappa shape index (κ1) is 8.17. The molecular formula is C5H6ClNO2. The molecule has 0 atom stereocenters. The Balaban J connectivity index is 0.000000640. The Labute approximate surface area is 58.8 Å². The standard InChI is InChI=1S/C5H5NO2.ClH/c7-5-1-3-6-8-4-2-5;/h2-4H,1H2;1H. The maximum Gasteiger partial charge on any atom is 0.164 e. The van der Waals surface area contributed by atoms with Gasteiger partial charge in [0.05, 0.1) is 6.21 Å². The van der Waals surface area contributed by atoms with Crippen molar-refractivity contribution in [2.45, 2.75) is 6.42 Å². The Morgan fingerprint density at radius 2 is 2.44 bits per heavy atom. The van der Waals surface area contributed by atoms with Gasteiger partial charge in [0.1, 0.15) is 6.26 Å². The molecule has 1 aliphatic heterocycles. The summed E-state index contributed by atoms with van der Waals surface area (Å²) in [5.41, 5.74) is 0. The van der Waals surface area contributed by atoms with Crippen LogP contribution < -0.4 is 0 Å². The summed E-state index contributed by atoms with van der Waals surface area (Å²) in [6.45, 7) is 0. The predicted octanol–water partition coefficient (Wildman–Crippen LogP) is 0.897. The van der Waals surface area contributed by atoms with Gasteiger partial charge in [-0.05, 0) is 0 Å². The highest BCUT2D eigenvalue weighted by atomic mass is 35.5. The van der Waals surface area contributed by atoms with E-state index in [1.165, 1.54) is 18.6 Å². The highest BCUT2D eigenvalue weighted by Gasteiger charge is 1.94. The van der Waals surface area contributed by atoms with E-state index < -0.39 is 0 Å². The van der Waals surface area contributed by atoms with E-state index in [1.54, 1.807) is 0 Å². The van der Waals surface area contributed by atoms with E-state index in [9.17, 15) is 4.79 Å². The molecule has 0 saturated carbocycles. The molecule has 0 amide bonds. The summed E-state index contributed by atoms with van der Waals surface area (Å²) in [7, 11) is 0. The molecule has 0 radical (unpaired) electrons. The number of halogens is 1. The van der Waals surface area contributed by atoms with Crippen LogP contribution in [-0.4, -0.2) is 12.0 Å². The van der Waals surface area contributed by atoms with Crippen LogP contribution in [0.3, 0.4) is 0 Å². The number of carbonyl (C=O) groups is 1. The van der Waals surface area contributed by atoms with Gasteiger partial charge in [-0.2, -0.15) is 0 Å². The van der Waals surface area contributed by atoms with Crippen LogP contribution in [0.2, 0.25) is 0 Å². The van der Waals surface area contributed by atoms with Crippen LogP contribution in [0.5, 0.6) is 0 Å². The van der Waals surface area contributed by atoms with Crippen LogP contribution >= 0.6 is 12.4 Å². The van der Waals surface area contributed by atoms with E-state index >= 15 is 0 Å². The predicted molar refractivity (Wildman–Crippen MR) is 35.6 cm³/mol. The van der Waals surface area contributed by atoms with Gasteiger partial charge < -0.3 is 4.84 Å². The summed E-state index contributed by atoms with van der Waals surface area (Å²) in [5.74, 6) is 0.0197. The Bertz CT molecular complexity index is 153. The SMILES string of the molecule is Cl.O=C1C=CON=CC1. The van der Waals surface area contributed by atoms with Crippen molar-refractivity contribution in [2.24, 2.45) is 5.16 Å². The monoisotopic (exact) mass is 147 g/mol. The molecule has 1 aliphatic rings. The molecule has 0 saturated heterocycles. The molecule has 0 aromatic carbocycles. The molecule has 0 fully saturated rings. The maximum atomic E-state index is 10.4. The number of allylic oxidation sites excluding steroid dienone is 1. The fourth-order valence-corrected chi connectivity index (χ4v) is 0.380. The summed E-state index contributed by atoms with van der Waals surface area (Å²) in [5, 5.41) is 3.39. The number of rotatable bonds is 0. The lowest BCUT2D eigenvalue weighted by Crippen LogP contribution is -1.89. The minimum atomic E-state index is 0. The molecule has 3 nitrogen and oxygen atoms in total. The summed E-state index contributed by atoms with van der Waals surface area (Å²) in [6, 6.07) is 0. The number of hydrogen-bond acceptors (Lipinski definition) is 3. The van der Waals surface area contributed by atoms with Crippen molar-refractivity contribution in [2.75, 3.05) is 0 Å². The third kappa shape index (κ3) is 2.87. The van der Waals surface area contributed by atoms with Crippen LogP contribution in [0.25, 0.3) is 0 Å². The fourth-order valence-electron chi connectivity index (χ4n) is 0.380. The van der Waals surface area contributed by atoms with E-state index in [0.717, 1.165) is 0 Å². The average Bonchev–Trinajstić information content (AvgIpc) is 1.94. The quantitative estimate of drug-likeness (QED) is 0.511. The lowest BCUT2D eigenvalue weighted by atomic mass is 10.3. The largest absolute Gasteiger partial charge is 0.365 e. The topological polar surface area (TPSA) is 38.7 Å². The van der Waals surface area contributed by atoms with Crippen molar-refractivity contribution in [1.82, 2.24) is 0 Å². The van der Waals surface area contributed by atoms with Crippen molar-refractivity contribution in [3.63, 3.8) is 0 Å². The molecule has 9 heavy (non-hydrogen) atoms. The van der Waals surface area contributed by atoms with Gasteiger partial charge in [0.2, 0.25) is 0 Å². The lowest BCUT2D eigenvalue weighted by Gasteiger charge is -1.77. The molecule has 0 bridgehead atoms. The second-order valence-corrected chi connectivity index (χ2v) is 1.37. The van der Waals surface area contributed by atoms with E-state index in [-0.39, 0.29) is 18.2 Å². The summed E-state index contributed by atoms with van der Waals surface area (Å²) < 4.78 is 0. The van der Waals surface area contributed by atoms with Crippen molar-refractivity contribution in [3.05, 3.63) is 12.3 Å². The van der Waals surface area contributed by atoms with Crippen molar-refractivity contribution >= 4 is 24.4 Å². The zero-order valence-corrected chi connectivity index (χ0v) is 5.43. The third-order valence-corrected chi connectivity index (χ3v) is 0.743. The summed E-state index contributed by atoms with van der Waals surface area (Å²) in [4.78, 5) is 14.9. The lowest BCUT2D eigenvalue weighted by molar-refractivity contribution is -0.113. The molecular weight excluding hydrogens is 142 g/mol. The second-order valence-electron chi connectivity index (χ2n) is 1.37. The first-order valence-electron chi connectivity index (χ1n) is 2.26. The normalized spacial score (nSPS) is 15.8. The Kier molecular flexibility index (Phi) is 3.71. The van der Waals surface area contributed by atoms with Crippen molar-refractivity contribution < 1.29 is 9.63 Å². The number of ketones is 1. The average molecular weight is 148 g/mol. The highest BCUT2D eigenvalue weighted by Crippen LogP contribution is 1.89. The minimum absolute atomic E-state index is 0. The Morgan fingerprint density at radius 1 is 1.67 bits per heavy atom. The molecule has 0 aliphatic carbocycles. The molecule has 50 valence electrons. The van der Waals surface area contributed by atoms with Crippen LogP contribution in [0.4, 0.5) is 0 Å². The minimum Gasteiger partial charge on any atom is -0.365 e. The van der Waals surface area contributed by atoms with Gasteiger partial charge in [0.25, 0.3) is 0 Å². The van der Waals surface area contributed by atoms with Crippen LogP contribution in [0.1, 0.15) is 6.42 Å². The number of nitrogens with zero attached hydrogens (tertiary/aromatic N) is 1. The number of oxime groups is 1. The molecule has 1 heterocycles.